The summed E-state index contributed by atoms with van der Waals surface area (Å²) in [6.45, 7) is -0.128. The van der Waals surface area contributed by atoms with Gasteiger partial charge >= 0.3 is 5.97 Å². The predicted octanol–water partition coefficient (Wildman–Crippen LogP) is 2.98. The van der Waals surface area contributed by atoms with Crippen molar-refractivity contribution in [3.63, 3.8) is 0 Å². The molecule has 8 heteroatoms. The highest BCUT2D eigenvalue weighted by Crippen LogP contribution is 2.36. The summed E-state index contributed by atoms with van der Waals surface area (Å²) in [6, 6.07) is 19.3. The highest BCUT2D eigenvalue weighted by molar-refractivity contribution is 7.89. The average molecular weight is 442 g/mol. The molecular weight excluding hydrogens is 418 g/mol. The Morgan fingerprint density at radius 2 is 1.68 bits per heavy atom. The number of aliphatic carboxylic acids is 1. The van der Waals surface area contributed by atoms with E-state index >= 15 is 0 Å². The molecule has 3 aromatic carbocycles. The molecule has 162 valence electrons. The van der Waals surface area contributed by atoms with Crippen molar-refractivity contribution in [1.82, 2.24) is 4.31 Å². The molecule has 0 spiro atoms. The lowest BCUT2D eigenvalue weighted by Gasteiger charge is -2.38. The summed E-state index contributed by atoms with van der Waals surface area (Å²) in [5.41, 5.74) is -0.629. The number of rotatable bonds is 6. The molecule has 1 aliphatic heterocycles. The molecule has 3 aromatic rings. The van der Waals surface area contributed by atoms with Crippen molar-refractivity contribution in [2.75, 3.05) is 19.7 Å². The van der Waals surface area contributed by atoms with Crippen molar-refractivity contribution in [2.45, 2.75) is 23.3 Å². The van der Waals surface area contributed by atoms with Gasteiger partial charge in [0.25, 0.3) is 0 Å². The van der Waals surface area contributed by atoms with Crippen LogP contribution < -0.4 is 4.74 Å². The van der Waals surface area contributed by atoms with Crippen LogP contribution >= 0.6 is 0 Å². The standard InChI is InChI=1S/C23H23NO6S/c25-22(26)16-30-20-7-3-6-19(15-20)23(27)10-12-24(13-11-23)31(28,29)21-9-8-17-4-1-2-5-18(17)14-21/h1-9,14-15,27H,10-13,16H2,(H,25,26). The van der Waals surface area contributed by atoms with Gasteiger partial charge in [-0.05, 0) is 53.4 Å². The molecule has 7 nitrogen and oxygen atoms in total. The van der Waals surface area contributed by atoms with Gasteiger partial charge in [0.2, 0.25) is 10.0 Å². The van der Waals surface area contributed by atoms with Crippen LogP contribution in [0.2, 0.25) is 0 Å². The summed E-state index contributed by atoms with van der Waals surface area (Å²) >= 11 is 0. The Bertz CT molecular complexity index is 1220. The number of carbonyl (C=O) groups is 1. The summed E-state index contributed by atoms with van der Waals surface area (Å²) in [4.78, 5) is 10.9. The Kier molecular flexibility index (Phi) is 5.70. The number of hydrogen-bond donors (Lipinski definition) is 2. The first-order valence-electron chi connectivity index (χ1n) is 9.94. The molecule has 0 atom stereocenters. The van der Waals surface area contributed by atoms with Gasteiger partial charge in [0.1, 0.15) is 5.75 Å². The summed E-state index contributed by atoms with van der Waals surface area (Å²) in [5.74, 6) is -0.740. The van der Waals surface area contributed by atoms with Gasteiger partial charge in [-0.25, -0.2) is 13.2 Å². The molecule has 0 saturated carbocycles. The predicted molar refractivity (Wildman–Crippen MR) is 115 cm³/mol. The quantitative estimate of drug-likeness (QED) is 0.610. The molecule has 4 rings (SSSR count). The number of hydrogen-bond acceptors (Lipinski definition) is 5. The number of piperidine rings is 1. The van der Waals surface area contributed by atoms with Crippen LogP contribution in [0.15, 0.2) is 71.6 Å². The molecule has 1 fully saturated rings. The minimum Gasteiger partial charge on any atom is -0.482 e. The van der Waals surface area contributed by atoms with E-state index in [1.54, 1.807) is 42.5 Å². The van der Waals surface area contributed by atoms with E-state index < -0.39 is 28.2 Å². The van der Waals surface area contributed by atoms with E-state index in [9.17, 15) is 18.3 Å². The molecule has 0 radical (unpaired) electrons. The molecule has 1 aliphatic rings. The fourth-order valence-corrected chi connectivity index (χ4v) is 5.36. The second kappa shape index (κ2) is 8.30. The number of sulfonamides is 1. The molecule has 1 saturated heterocycles. The summed E-state index contributed by atoms with van der Waals surface area (Å²) in [7, 11) is -3.68. The Morgan fingerprint density at radius 3 is 2.39 bits per heavy atom. The Labute approximate surface area is 180 Å². The van der Waals surface area contributed by atoms with Crippen LogP contribution in [0.25, 0.3) is 10.8 Å². The molecule has 31 heavy (non-hydrogen) atoms. The van der Waals surface area contributed by atoms with Crippen molar-refractivity contribution < 1.29 is 28.2 Å². The van der Waals surface area contributed by atoms with Gasteiger partial charge in [-0.2, -0.15) is 4.31 Å². The number of nitrogens with zero attached hydrogens (tertiary/aromatic N) is 1. The molecule has 0 unspecified atom stereocenters. The molecule has 1 heterocycles. The summed E-state index contributed by atoms with van der Waals surface area (Å²) in [5, 5.41) is 21.7. The minimum absolute atomic E-state index is 0.172. The lowest BCUT2D eigenvalue weighted by molar-refractivity contribution is -0.139. The SMILES string of the molecule is O=C(O)COc1cccc(C2(O)CCN(S(=O)(=O)c3ccc4ccccc4c3)CC2)c1. The number of benzene rings is 3. The Balaban J connectivity index is 1.50. The van der Waals surface area contributed by atoms with Crippen LogP contribution in [-0.4, -0.2) is 48.6 Å². The molecule has 0 aromatic heterocycles. The van der Waals surface area contributed by atoms with Crippen LogP contribution in [0.4, 0.5) is 0 Å². The highest BCUT2D eigenvalue weighted by atomic mass is 32.2. The van der Waals surface area contributed by atoms with Gasteiger partial charge in [-0.1, -0.05) is 42.5 Å². The van der Waals surface area contributed by atoms with Crippen molar-refractivity contribution in [3.05, 3.63) is 72.3 Å². The van der Waals surface area contributed by atoms with E-state index in [-0.39, 0.29) is 30.8 Å². The molecular formula is C23H23NO6S. The Hall–Kier alpha value is -2.94. The first-order valence-corrected chi connectivity index (χ1v) is 11.4. The van der Waals surface area contributed by atoms with Gasteiger partial charge in [0.15, 0.2) is 6.61 Å². The van der Waals surface area contributed by atoms with E-state index in [4.69, 9.17) is 9.84 Å². The zero-order chi connectivity index (χ0) is 22.1. The van der Waals surface area contributed by atoms with Gasteiger partial charge in [0.05, 0.1) is 10.5 Å². The zero-order valence-corrected chi connectivity index (χ0v) is 17.6. The van der Waals surface area contributed by atoms with Crippen molar-refractivity contribution in [1.29, 1.82) is 0 Å². The van der Waals surface area contributed by atoms with Crippen LogP contribution in [0.3, 0.4) is 0 Å². The van der Waals surface area contributed by atoms with Crippen molar-refractivity contribution >= 4 is 26.8 Å². The fraction of sp³-hybridized carbons (Fsp3) is 0.261. The first-order chi connectivity index (χ1) is 14.8. The van der Waals surface area contributed by atoms with Crippen LogP contribution in [0.5, 0.6) is 5.75 Å². The van der Waals surface area contributed by atoms with Gasteiger partial charge in [-0.15, -0.1) is 0 Å². The second-order valence-electron chi connectivity index (χ2n) is 7.65. The summed E-state index contributed by atoms with van der Waals surface area (Å²) < 4.78 is 32.9. The normalized spacial score (nSPS) is 16.8. The molecule has 0 amide bonds. The average Bonchev–Trinajstić information content (AvgIpc) is 2.78. The van der Waals surface area contributed by atoms with E-state index in [1.165, 1.54) is 4.31 Å². The number of carboxylic acid groups (broad SMARTS) is 1. The lowest BCUT2D eigenvalue weighted by atomic mass is 9.85. The van der Waals surface area contributed by atoms with Gasteiger partial charge in [0, 0.05) is 13.1 Å². The third-order valence-electron chi connectivity index (χ3n) is 5.64. The fourth-order valence-electron chi connectivity index (χ4n) is 3.88. The monoisotopic (exact) mass is 441 g/mol. The number of ether oxygens (including phenoxy) is 1. The maximum Gasteiger partial charge on any atom is 0.341 e. The van der Waals surface area contributed by atoms with Crippen LogP contribution in [-0.2, 0) is 20.4 Å². The third kappa shape index (κ3) is 4.41. The Morgan fingerprint density at radius 1 is 0.968 bits per heavy atom. The van der Waals surface area contributed by atoms with E-state index in [2.05, 4.69) is 0 Å². The maximum absolute atomic E-state index is 13.2. The topological polar surface area (TPSA) is 104 Å². The largest absolute Gasteiger partial charge is 0.482 e. The highest BCUT2D eigenvalue weighted by Gasteiger charge is 2.38. The number of fused-ring (bicyclic) bond motifs is 1. The first kappa shape index (κ1) is 21.3. The van der Waals surface area contributed by atoms with Gasteiger partial charge in [-0.3, -0.25) is 0 Å². The van der Waals surface area contributed by atoms with Gasteiger partial charge < -0.3 is 14.9 Å². The van der Waals surface area contributed by atoms with E-state index in [0.29, 0.717) is 11.3 Å². The third-order valence-corrected chi connectivity index (χ3v) is 7.54. The number of aliphatic hydroxyl groups is 1. The number of carboxylic acids is 1. The molecule has 0 bridgehead atoms. The van der Waals surface area contributed by atoms with Crippen molar-refractivity contribution in [3.8, 4) is 5.75 Å². The van der Waals surface area contributed by atoms with Crippen molar-refractivity contribution in [2.24, 2.45) is 0 Å². The lowest BCUT2D eigenvalue weighted by Crippen LogP contribution is -2.45. The second-order valence-corrected chi connectivity index (χ2v) is 9.59. The van der Waals surface area contributed by atoms with E-state index in [0.717, 1.165) is 10.8 Å². The van der Waals surface area contributed by atoms with E-state index in [1.807, 2.05) is 24.3 Å². The maximum atomic E-state index is 13.2. The smallest absolute Gasteiger partial charge is 0.341 e. The summed E-state index contributed by atoms with van der Waals surface area (Å²) in [6.07, 6.45) is 0.449. The zero-order valence-electron chi connectivity index (χ0n) is 16.8. The van der Waals surface area contributed by atoms with Crippen LogP contribution in [0, 0.1) is 0 Å². The molecule has 0 aliphatic carbocycles. The van der Waals surface area contributed by atoms with Crippen LogP contribution in [0.1, 0.15) is 18.4 Å². The minimum atomic E-state index is -3.68. The molecule has 2 N–H and O–H groups in total.